The van der Waals surface area contributed by atoms with E-state index in [-0.39, 0.29) is 17.7 Å². The van der Waals surface area contributed by atoms with Crippen molar-refractivity contribution in [3.05, 3.63) is 54.6 Å². The summed E-state index contributed by atoms with van der Waals surface area (Å²) >= 11 is 0. The maximum atomic E-state index is 12.9. The van der Waals surface area contributed by atoms with Crippen LogP contribution in [0.5, 0.6) is 0 Å². The number of hydrogen-bond acceptors (Lipinski definition) is 5. The van der Waals surface area contributed by atoms with Gasteiger partial charge in [-0.3, -0.25) is 9.59 Å². The van der Waals surface area contributed by atoms with Gasteiger partial charge in [0.25, 0.3) is 5.91 Å². The van der Waals surface area contributed by atoms with Gasteiger partial charge in [0, 0.05) is 23.9 Å². The molecule has 28 heavy (non-hydrogen) atoms. The second kappa shape index (κ2) is 8.43. The minimum absolute atomic E-state index is 0.0589. The number of carbonyl (C=O) groups excluding carboxylic acids is 2. The molecule has 3 aromatic rings. The molecule has 0 fully saturated rings. The molecule has 2 N–H and O–H groups in total. The van der Waals surface area contributed by atoms with Crippen molar-refractivity contribution in [2.75, 3.05) is 10.6 Å². The average molecular weight is 378 g/mol. The van der Waals surface area contributed by atoms with E-state index in [4.69, 9.17) is 0 Å². The first-order valence-electron chi connectivity index (χ1n) is 8.97. The number of carbonyl (C=O) groups is 2. The highest BCUT2D eigenvalue weighted by molar-refractivity contribution is 5.95. The van der Waals surface area contributed by atoms with Gasteiger partial charge in [0.1, 0.15) is 0 Å². The maximum absolute atomic E-state index is 12.9. The van der Waals surface area contributed by atoms with Crippen LogP contribution in [0.2, 0.25) is 0 Å². The molecule has 0 aliphatic heterocycles. The van der Waals surface area contributed by atoms with E-state index in [2.05, 4.69) is 26.0 Å². The number of rotatable bonds is 6. The fourth-order valence-electron chi connectivity index (χ4n) is 2.81. The normalized spacial score (nSPS) is 11.9. The summed E-state index contributed by atoms with van der Waals surface area (Å²) in [5.41, 5.74) is 2.02. The molecule has 0 saturated carbocycles. The van der Waals surface area contributed by atoms with Crippen LogP contribution in [-0.2, 0) is 9.59 Å². The van der Waals surface area contributed by atoms with Gasteiger partial charge in [-0.1, -0.05) is 50.2 Å². The van der Waals surface area contributed by atoms with Crippen molar-refractivity contribution in [2.24, 2.45) is 5.92 Å². The van der Waals surface area contributed by atoms with E-state index in [1.807, 2.05) is 44.2 Å². The van der Waals surface area contributed by atoms with Crippen molar-refractivity contribution in [3.8, 4) is 11.4 Å². The highest BCUT2D eigenvalue weighted by atomic mass is 16.2. The van der Waals surface area contributed by atoms with Crippen LogP contribution in [0.4, 0.5) is 11.4 Å². The summed E-state index contributed by atoms with van der Waals surface area (Å²) in [5, 5.41) is 18.1. The van der Waals surface area contributed by atoms with Crippen LogP contribution >= 0.6 is 0 Å². The standard InChI is InChI=1S/C20H22N6O2/c1-13(2)18(26-24-19(23-25-26)15-8-5-4-6-9-15)20(28)22-17-11-7-10-16(12-17)21-14(3)27/h4-13,18H,1-3H3,(H,21,27)(H,22,28). The Kier molecular flexibility index (Phi) is 5.78. The Hall–Kier alpha value is -3.55. The molecular formula is C20H22N6O2. The predicted molar refractivity (Wildman–Crippen MR) is 107 cm³/mol. The average Bonchev–Trinajstić information content (AvgIpc) is 3.11. The van der Waals surface area contributed by atoms with Gasteiger partial charge in [0.15, 0.2) is 6.04 Å². The molecule has 144 valence electrons. The molecule has 1 unspecified atom stereocenters. The molecule has 0 saturated heterocycles. The van der Waals surface area contributed by atoms with Gasteiger partial charge in [-0.2, -0.15) is 4.80 Å². The van der Waals surface area contributed by atoms with Crippen molar-refractivity contribution >= 4 is 23.2 Å². The SMILES string of the molecule is CC(=O)Nc1cccc(NC(=O)C(C(C)C)n2nnc(-c3ccccc3)n2)c1. The lowest BCUT2D eigenvalue weighted by molar-refractivity contribution is -0.121. The molecule has 0 aliphatic carbocycles. The third-order valence-electron chi connectivity index (χ3n) is 4.06. The van der Waals surface area contributed by atoms with E-state index in [0.29, 0.717) is 17.2 Å². The van der Waals surface area contributed by atoms with Crippen molar-refractivity contribution in [1.82, 2.24) is 20.2 Å². The summed E-state index contributed by atoms with van der Waals surface area (Å²) in [4.78, 5) is 25.5. The molecule has 8 heteroatoms. The van der Waals surface area contributed by atoms with Gasteiger partial charge in [-0.05, 0) is 29.3 Å². The first kappa shape index (κ1) is 19.2. The Balaban J connectivity index is 1.80. The molecule has 8 nitrogen and oxygen atoms in total. The number of hydrogen-bond donors (Lipinski definition) is 2. The summed E-state index contributed by atoms with van der Waals surface area (Å²) in [5.74, 6) is -0.0289. The molecule has 0 bridgehead atoms. The number of nitrogens with zero attached hydrogens (tertiary/aromatic N) is 4. The minimum Gasteiger partial charge on any atom is -0.326 e. The maximum Gasteiger partial charge on any atom is 0.251 e. The lowest BCUT2D eigenvalue weighted by Crippen LogP contribution is -2.31. The number of nitrogens with one attached hydrogen (secondary N) is 2. The number of tetrazole rings is 1. The number of amides is 2. The van der Waals surface area contributed by atoms with Crippen LogP contribution in [0, 0.1) is 5.92 Å². The number of benzene rings is 2. The van der Waals surface area contributed by atoms with Gasteiger partial charge in [0.05, 0.1) is 0 Å². The summed E-state index contributed by atoms with van der Waals surface area (Å²) in [6.45, 7) is 5.27. The van der Waals surface area contributed by atoms with Crippen LogP contribution in [0.25, 0.3) is 11.4 Å². The second-order valence-corrected chi connectivity index (χ2v) is 6.74. The zero-order chi connectivity index (χ0) is 20.1. The van der Waals surface area contributed by atoms with Crippen molar-refractivity contribution in [2.45, 2.75) is 26.8 Å². The van der Waals surface area contributed by atoms with Crippen LogP contribution in [0.15, 0.2) is 54.6 Å². The zero-order valence-corrected chi connectivity index (χ0v) is 16.0. The first-order valence-corrected chi connectivity index (χ1v) is 8.97. The number of anilines is 2. The lowest BCUT2D eigenvalue weighted by Gasteiger charge is -2.19. The molecule has 3 rings (SSSR count). The van der Waals surface area contributed by atoms with E-state index >= 15 is 0 Å². The molecule has 2 aromatic carbocycles. The van der Waals surface area contributed by atoms with E-state index in [1.165, 1.54) is 11.7 Å². The Labute approximate surface area is 163 Å². The van der Waals surface area contributed by atoms with Crippen molar-refractivity contribution in [3.63, 3.8) is 0 Å². The van der Waals surface area contributed by atoms with E-state index in [9.17, 15) is 9.59 Å². The smallest absolute Gasteiger partial charge is 0.251 e. The minimum atomic E-state index is -0.630. The molecule has 1 heterocycles. The first-order chi connectivity index (χ1) is 13.4. The fourth-order valence-corrected chi connectivity index (χ4v) is 2.81. The van der Waals surface area contributed by atoms with Crippen LogP contribution in [0.1, 0.15) is 26.8 Å². The van der Waals surface area contributed by atoms with Gasteiger partial charge in [-0.15, -0.1) is 10.2 Å². The van der Waals surface area contributed by atoms with Crippen LogP contribution in [0.3, 0.4) is 0 Å². The topological polar surface area (TPSA) is 102 Å². The molecule has 0 radical (unpaired) electrons. The third kappa shape index (κ3) is 4.59. The fraction of sp³-hybridized carbons (Fsp3) is 0.250. The Bertz CT molecular complexity index is 968. The Morgan fingerprint density at radius 2 is 1.64 bits per heavy atom. The summed E-state index contributed by atoms with van der Waals surface area (Å²) in [6.07, 6.45) is 0. The summed E-state index contributed by atoms with van der Waals surface area (Å²) < 4.78 is 0. The van der Waals surface area contributed by atoms with Crippen LogP contribution < -0.4 is 10.6 Å². The molecule has 1 aromatic heterocycles. The highest BCUT2D eigenvalue weighted by Crippen LogP contribution is 2.22. The van der Waals surface area contributed by atoms with Gasteiger partial charge < -0.3 is 10.6 Å². The molecule has 2 amide bonds. The van der Waals surface area contributed by atoms with Crippen molar-refractivity contribution < 1.29 is 9.59 Å². The zero-order valence-electron chi connectivity index (χ0n) is 16.0. The van der Waals surface area contributed by atoms with Gasteiger partial charge in [0.2, 0.25) is 11.7 Å². The van der Waals surface area contributed by atoms with Gasteiger partial charge in [-0.25, -0.2) is 0 Å². The predicted octanol–water partition coefficient (Wildman–Crippen LogP) is 3.13. The molecule has 1 atom stereocenters. The largest absolute Gasteiger partial charge is 0.326 e. The molecular weight excluding hydrogens is 356 g/mol. The number of aromatic nitrogens is 4. The van der Waals surface area contributed by atoms with E-state index in [0.717, 1.165) is 5.56 Å². The monoisotopic (exact) mass is 378 g/mol. The summed E-state index contributed by atoms with van der Waals surface area (Å²) in [6, 6.07) is 15.8. The third-order valence-corrected chi connectivity index (χ3v) is 4.06. The highest BCUT2D eigenvalue weighted by Gasteiger charge is 2.27. The quantitative estimate of drug-likeness (QED) is 0.686. The van der Waals surface area contributed by atoms with Crippen LogP contribution in [-0.4, -0.2) is 32.0 Å². The Morgan fingerprint density at radius 1 is 0.964 bits per heavy atom. The van der Waals surface area contributed by atoms with E-state index in [1.54, 1.807) is 24.3 Å². The lowest BCUT2D eigenvalue weighted by atomic mass is 10.0. The van der Waals surface area contributed by atoms with E-state index < -0.39 is 6.04 Å². The Morgan fingerprint density at radius 3 is 2.29 bits per heavy atom. The molecule has 0 aliphatic rings. The summed E-state index contributed by atoms with van der Waals surface area (Å²) in [7, 11) is 0. The van der Waals surface area contributed by atoms with Crippen molar-refractivity contribution in [1.29, 1.82) is 0 Å². The second-order valence-electron chi connectivity index (χ2n) is 6.74. The van der Waals surface area contributed by atoms with Gasteiger partial charge >= 0.3 is 0 Å². The molecule has 0 spiro atoms.